The van der Waals surface area contributed by atoms with Gasteiger partial charge in [-0.2, -0.15) is 5.10 Å². The zero-order chi connectivity index (χ0) is 19.6. The Morgan fingerprint density at radius 3 is 2.78 bits per heavy atom. The first-order valence-corrected chi connectivity index (χ1v) is 10.1. The summed E-state index contributed by atoms with van der Waals surface area (Å²) < 4.78 is 1.84. The highest BCUT2D eigenvalue weighted by Gasteiger charge is 2.13. The van der Waals surface area contributed by atoms with Gasteiger partial charge in [0.25, 0.3) is 0 Å². The average molecular weight is 423 g/mol. The smallest absolute Gasteiger partial charge is 0.226 e. The van der Waals surface area contributed by atoms with Crippen molar-refractivity contribution in [1.29, 1.82) is 0 Å². The summed E-state index contributed by atoms with van der Waals surface area (Å²) >= 11 is 13.7. The number of carbonyl (C=O) groups is 1. The Hall–Kier alpha value is -1.89. The van der Waals surface area contributed by atoms with E-state index in [0.717, 1.165) is 27.4 Å². The number of rotatable bonds is 6. The van der Waals surface area contributed by atoms with Crippen LogP contribution in [0.4, 0.5) is 5.13 Å². The van der Waals surface area contributed by atoms with Crippen LogP contribution in [0, 0.1) is 13.8 Å². The lowest BCUT2D eigenvalue weighted by molar-refractivity contribution is -0.116. The van der Waals surface area contributed by atoms with Gasteiger partial charge in [-0.1, -0.05) is 35.3 Å². The SMILES string of the molecule is Cc1nn(C)c(C)c1CCC(=O)Nc1ncc(Cc2cccc(Cl)c2Cl)s1. The molecule has 0 spiro atoms. The number of thiazole rings is 1. The number of anilines is 1. The summed E-state index contributed by atoms with van der Waals surface area (Å²) in [6.07, 6.45) is 3.43. The van der Waals surface area contributed by atoms with Crippen LogP contribution < -0.4 is 5.32 Å². The van der Waals surface area contributed by atoms with Crippen molar-refractivity contribution in [3.8, 4) is 0 Å². The van der Waals surface area contributed by atoms with Gasteiger partial charge < -0.3 is 5.32 Å². The van der Waals surface area contributed by atoms with E-state index < -0.39 is 0 Å². The van der Waals surface area contributed by atoms with E-state index in [1.54, 1.807) is 12.3 Å². The number of halogens is 2. The molecular weight excluding hydrogens is 403 g/mol. The second-order valence-electron chi connectivity index (χ2n) is 6.34. The average Bonchev–Trinajstić information content (AvgIpc) is 3.15. The van der Waals surface area contributed by atoms with Crippen LogP contribution in [0.15, 0.2) is 24.4 Å². The molecule has 8 heteroatoms. The molecule has 0 radical (unpaired) electrons. The zero-order valence-corrected chi connectivity index (χ0v) is 17.7. The van der Waals surface area contributed by atoms with Crippen LogP contribution in [0.3, 0.4) is 0 Å². The molecule has 2 aromatic heterocycles. The zero-order valence-electron chi connectivity index (χ0n) is 15.3. The maximum absolute atomic E-state index is 12.3. The molecule has 5 nitrogen and oxygen atoms in total. The van der Waals surface area contributed by atoms with Crippen LogP contribution in [0.2, 0.25) is 10.0 Å². The molecule has 0 bridgehead atoms. The molecule has 0 fully saturated rings. The van der Waals surface area contributed by atoms with Gasteiger partial charge in [-0.05, 0) is 37.5 Å². The largest absolute Gasteiger partial charge is 0.302 e. The minimum Gasteiger partial charge on any atom is -0.302 e. The van der Waals surface area contributed by atoms with Gasteiger partial charge in [0.2, 0.25) is 5.91 Å². The Morgan fingerprint density at radius 2 is 2.07 bits per heavy atom. The molecule has 0 aliphatic rings. The Labute approximate surface area is 172 Å². The minimum atomic E-state index is -0.0562. The normalized spacial score (nSPS) is 11.0. The molecule has 0 unspecified atom stereocenters. The van der Waals surface area contributed by atoms with Crippen molar-refractivity contribution < 1.29 is 4.79 Å². The van der Waals surface area contributed by atoms with Crippen LogP contribution in [0.25, 0.3) is 0 Å². The lowest BCUT2D eigenvalue weighted by Gasteiger charge is -2.04. The predicted molar refractivity (Wildman–Crippen MR) is 111 cm³/mol. The molecule has 0 saturated heterocycles. The van der Waals surface area contributed by atoms with E-state index in [9.17, 15) is 4.79 Å². The molecule has 2 heterocycles. The van der Waals surface area contributed by atoms with Crippen molar-refractivity contribution in [3.05, 3.63) is 61.8 Å². The maximum atomic E-state index is 12.3. The molecule has 0 aliphatic heterocycles. The van der Waals surface area contributed by atoms with Gasteiger partial charge in [0.1, 0.15) is 0 Å². The van der Waals surface area contributed by atoms with Crippen LogP contribution in [0.5, 0.6) is 0 Å². The number of aryl methyl sites for hydroxylation is 2. The second kappa shape index (κ2) is 8.42. The third-order valence-corrected chi connectivity index (χ3v) is 6.23. The third kappa shape index (κ3) is 4.69. The van der Waals surface area contributed by atoms with Gasteiger partial charge in [-0.25, -0.2) is 4.98 Å². The summed E-state index contributed by atoms with van der Waals surface area (Å²) in [6.45, 7) is 3.98. The summed E-state index contributed by atoms with van der Waals surface area (Å²) in [7, 11) is 1.91. The van der Waals surface area contributed by atoms with Crippen molar-refractivity contribution in [2.45, 2.75) is 33.1 Å². The van der Waals surface area contributed by atoms with Gasteiger partial charge in [0.15, 0.2) is 5.13 Å². The second-order valence-corrected chi connectivity index (χ2v) is 8.24. The topological polar surface area (TPSA) is 59.8 Å². The molecular formula is C19H20Cl2N4OS. The fourth-order valence-corrected chi connectivity index (χ4v) is 4.16. The van der Waals surface area contributed by atoms with Gasteiger partial charge in [-0.15, -0.1) is 11.3 Å². The van der Waals surface area contributed by atoms with E-state index >= 15 is 0 Å². The van der Waals surface area contributed by atoms with Gasteiger partial charge in [0, 0.05) is 36.7 Å². The van der Waals surface area contributed by atoms with E-state index in [1.807, 2.05) is 37.7 Å². The van der Waals surface area contributed by atoms with Crippen molar-refractivity contribution in [2.75, 3.05) is 5.32 Å². The highest BCUT2D eigenvalue weighted by molar-refractivity contribution is 7.15. The summed E-state index contributed by atoms with van der Waals surface area (Å²) in [5.41, 5.74) is 4.13. The molecule has 142 valence electrons. The number of benzene rings is 1. The fourth-order valence-electron chi connectivity index (χ4n) is 2.92. The molecule has 3 rings (SSSR count). The van der Waals surface area contributed by atoms with Crippen molar-refractivity contribution >= 4 is 45.6 Å². The summed E-state index contributed by atoms with van der Waals surface area (Å²) in [6, 6.07) is 5.57. The van der Waals surface area contributed by atoms with Crippen LogP contribution in [-0.4, -0.2) is 20.7 Å². The lowest BCUT2D eigenvalue weighted by atomic mass is 10.1. The first-order chi connectivity index (χ1) is 12.8. The van der Waals surface area contributed by atoms with Gasteiger partial charge in [0.05, 0.1) is 15.7 Å². The molecule has 0 aliphatic carbocycles. The van der Waals surface area contributed by atoms with Crippen molar-refractivity contribution in [1.82, 2.24) is 14.8 Å². The molecule has 1 aromatic carbocycles. The van der Waals surface area contributed by atoms with Gasteiger partial charge >= 0.3 is 0 Å². The van der Waals surface area contributed by atoms with E-state index in [4.69, 9.17) is 23.2 Å². The van der Waals surface area contributed by atoms with E-state index in [1.165, 1.54) is 11.3 Å². The summed E-state index contributed by atoms with van der Waals surface area (Å²) in [5.74, 6) is -0.0562. The number of carbonyl (C=O) groups excluding carboxylic acids is 1. The molecule has 0 saturated carbocycles. The molecule has 3 aromatic rings. The fraction of sp³-hybridized carbons (Fsp3) is 0.316. The molecule has 27 heavy (non-hydrogen) atoms. The first-order valence-electron chi connectivity index (χ1n) is 8.51. The number of aromatic nitrogens is 3. The molecule has 1 N–H and O–H groups in total. The Bertz CT molecular complexity index is 980. The molecule has 1 amide bonds. The number of hydrogen-bond acceptors (Lipinski definition) is 4. The predicted octanol–water partition coefficient (Wildman–Crippen LogP) is 4.96. The van der Waals surface area contributed by atoms with E-state index in [-0.39, 0.29) is 5.91 Å². The Balaban J connectivity index is 1.58. The monoisotopic (exact) mass is 422 g/mol. The highest BCUT2D eigenvalue weighted by atomic mass is 35.5. The third-order valence-electron chi connectivity index (χ3n) is 4.46. The first kappa shape index (κ1) is 19.9. The quantitative estimate of drug-likeness (QED) is 0.610. The standard InChI is InChI=1S/C19H20Cl2N4OS/c1-11-15(12(2)25(3)24-11)7-8-17(26)23-19-22-10-14(27-19)9-13-5-4-6-16(20)18(13)21/h4-6,10H,7-9H2,1-3H3,(H,22,23,26). The van der Waals surface area contributed by atoms with E-state index in [0.29, 0.717) is 34.4 Å². The maximum Gasteiger partial charge on any atom is 0.226 e. The number of amides is 1. The van der Waals surface area contributed by atoms with Crippen LogP contribution >= 0.6 is 34.5 Å². The van der Waals surface area contributed by atoms with Gasteiger partial charge in [-0.3, -0.25) is 9.48 Å². The summed E-state index contributed by atoms with van der Waals surface area (Å²) in [5, 5.41) is 8.94. The Morgan fingerprint density at radius 1 is 1.30 bits per heavy atom. The van der Waals surface area contributed by atoms with Crippen molar-refractivity contribution in [2.24, 2.45) is 7.05 Å². The minimum absolute atomic E-state index is 0.0562. The number of nitrogens with zero attached hydrogens (tertiary/aromatic N) is 3. The summed E-state index contributed by atoms with van der Waals surface area (Å²) in [4.78, 5) is 17.6. The van der Waals surface area contributed by atoms with Crippen LogP contribution in [0.1, 0.15) is 33.8 Å². The van der Waals surface area contributed by atoms with Crippen LogP contribution in [-0.2, 0) is 24.7 Å². The van der Waals surface area contributed by atoms with Crippen molar-refractivity contribution in [3.63, 3.8) is 0 Å². The lowest BCUT2D eigenvalue weighted by Crippen LogP contribution is -2.12. The Kier molecular flexibility index (Phi) is 6.19. The van der Waals surface area contributed by atoms with E-state index in [2.05, 4.69) is 15.4 Å². The number of hydrogen-bond donors (Lipinski definition) is 1. The number of nitrogens with one attached hydrogen (secondary N) is 1. The highest BCUT2D eigenvalue weighted by Crippen LogP contribution is 2.29. The molecule has 0 atom stereocenters.